The summed E-state index contributed by atoms with van der Waals surface area (Å²) in [6.45, 7) is 4.05. The van der Waals surface area contributed by atoms with E-state index in [1.165, 1.54) is 0 Å². The van der Waals surface area contributed by atoms with Gasteiger partial charge in [0.15, 0.2) is 6.29 Å². The molecule has 10 nitrogen and oxygen atoms in total. The Kier molecular flexibility index (Phi) is 6.71. The minimum absolute atomic E-state index is 0.467. The zero-order valence-corrected chi connectivity index (χ0v) is 13.1. The summed E-state index contributed by atoms with van der Waals surface area (Å²) in [6, 6.07) is 0. The van der Waals surface area contributed by atoms with E-state index in [2.05, 4.69) is 5.32 Å². The highest BCUT2D eigenvalue weighted by atomic mass is 16.7. The van der Waals surface area contributed by atoms with Gasteiger partial charge in [0, 0.05) is 0 Å². The van der Waals surface area contributed by atoms with Gasteiger partial charge in [-0.15, -0.1) is 0 Å². The first-order valence-corrected chi connectivity index (χ1v) is 7.01. The number of amides is 1. The Morgan fingerprint density at radius 2 is 1.70 bits per heavy atom. The Hall–Kier alpha value is -1.46. The minimum atomic E-state index is -1.71. The molecule has 0 saturated carbocycles. The van der Waals surface area contributed by atoms with Crippen molar-refractivity contribution in [2.24, 2.45) is 0 Å². The summed E-state index contributed by atoms with van der Waals surface area (Å²) >= 11 is 0. The topological polar surface area (TPSA) is 155 Å². The maximum absolute atomic E-state index is 11.5. The lowest BCUT2D eigenvalue weighted by atomic mass is 9.99. The summed E-state index contributed by atoms with van der Waals surface area (Å²) in [6.07, 6.45) is -8.56. The Labute approximate surface area is 133 Å². The molecule has 5 atom stereocenters. The van der Waals surface area contributed by atoms with Crippen LogP contribution in [0.25, 0.3) is 0 Å². The molecule has 0 aromatic carbocycles. The molecular weight excluding hydrogens is 314 g/mol. The summed E-state index contributed by atoms with van der Waals surface area (Å²) in [5, 5.41) is 39.9. The third kappa shape index (κ3) is 6.28. The van der Waals surface area contributed by atoms with Crippen LogP contribution in [0.2, 0.25) is 0 Å². The molecule has 0 aromatic heterocycles. The summed E-state index contributed by atoms with van der Waals surface area (Å²) in [5.41, 5.74) is -0.707. The Balaban J connectivity index is 2.34. The molecule has 0 aromatic rings. The van der Waals surface area contributed by atoms with Crippen molar-refractivity contribution in [3.63, 3.8) is 0 Å². The molecule has 1 aliphatic heterocycles. The molecule has 1 rings (SSSR count). The van der Waals surface area contributed by atoms with Crippen LogP contribution in [-0.2, 0) is 19.0 Å². The van der Waals surface area contributed by atoms with Gasteiger partial charge in [-0.25, -0.2) is 4.79 Å². The fourth-order valence-corrected chi connectivity index (χ4v) is 1.75. The Bertz CT molecular complexity index is 422. The van der Waals surface area contributed by atoms with Gasteiger partial charge >= 0.3 is 12.1 Å². The van der Waals surface area contributed by atoms with Gasteiger partial charge in [-0.3, -0.25) is 4.79 Å². The third-order valence-corrected chi connectivity index (χ3v) is 2.87. The van der Waals surface area contributed by atoms with Crippen molar-refractivity contribution in [1.29, 1.82) is 0 Å². The molecule has 5 unspecified atom stereocenters. The normalized spacial score (nSPS) is 31.3. The van der Waals surface area contributed by atoms with E-state index < -0.39 is 61.5 Å². The zero-order chi connectivity index (χ0) is 17.8. The number of ether oxygens (including phenoxy) is 3. The van der Waals surface area contributed by atoms with Gasteiger partial charge in [-0.1, -0.05) is 0 Å². The zero-order valence-electron chi connectivity index (χ0n) is 13.1. The lowest BCUT2D eigenvalue weighted by Gasteiger charge is -2.37. The molecule has 10 heteroatoms. The third-order valence-electron chi connectivity index (χ3n) is 2.87. The molecule has 134 valence electrons. The quantitative estimate of drug-likeness (QED) is 0.361. The van der Waals surface area contributed by atoms with Crippen molar-refractivity contribution in [2.45, 2.75) is 57.1 Å². The Morgan fingerprint density at radius 1 is 1.09 bits per heavy atom. The van der Waals surface area contributed by atoms with Crippen LogP contribution in [0, 0.1) is 0 Å². The standard InChI is InChI=1S/C13H23NO9/c1-13(2,3)23-12(20)14-4-7(15)21-5-6-8(16)9(17)10(18)11(19)22-6/h6,8-11,16-19H,4-5H2,1-3H3,(H,14,20). The summed E-state index contributed by atoms with van der Waals surface area (Å²) < 4.78 is 14.5. The van der Waals surface area contributed by atoms with Gasteiger partial charge in [-0.2, -0.15) is 0 Å². The van der Waals surface area contributed by atoms with Crippen molar-refractivity contribution >= 4 is 12.1 Å². The van der Waals surface area contributed by atoms with Crippen LogP contribution in [0.3, 0.4) is 0 Å². The largest absolute Gasteiger partial charge is 0.461 e. The van der Waals surface area contributed by atoms with Crippen molar-refractivity contribution in [2.75, 3.05) is 13.2 Å². The minimum Gasteiger partial charge on any atom is -0.461 e. The molecule has 0 bridgehead atoms. The molecule has 1 aliphatic rings. The van der Waals surface area contributed by atoms with Gasteiger partial charge in [0.2, 0.25) is 0 Å². The number of hydrogen-bond acceptors (Lipinski definition) is 9. The van der Waals surface area contributed by atoms with E-state index in [0.717, 1.165) is 0 Å². The van der Waals surface area contributed by atoms with Gasteiger partial charge in [0.1, 0.15) is 43.2 Å². The molecule has 0 radical (unpaired) electrons. The molecule has 0 spiro atoms. The van der Waals surface area contributed by atoms with E-state index in [9.17, 15) is 30.0 Å². The van der Waals surface area contributed by atoms with Crippen LogP contribution in [0.4, 0.5) is 4.79 Å². The number of aliphatic hydroxyl groups is 4. The van der Waals surface area contributed by atoms with Crippen molar-refractivity contribution in [3.05, 3.63) is 0 Å². The monoisotopic (exact) mass is 337 g/mol. The number of nitrogens with one attached hydrogen (secondary N) is 1. The van der Waals surface area contributed by atoms with E-state index in [-0.39, 0.29) is 0 Å². The number of rotatable bonds is 4. The summed E-state index contributed by atoms with van der Waals surface area (Å²) in [4.78, 5) is 22.8. The van der Waals surface area contributed by atoms with Crippen molar-refractivity contribution in [3.8, 4) is 0 Å². The van der Waals surface area contributed by atoms with Crippen molar-refractivity contribution < 1.29 is 44.2 Å². The highest BCUT2D eigenvalue weighted by Gasteiger charge is 2.43. The average Bonchev–Trinajstić information content (AvgIpc) is 2.43. The molecule has 1 amide bonds. The molecule has 23 heavy (non-hydrogen) atoms. The second kappa shape index (κ2) is 7.88. The van der Waals surface area contributed by atoms with Gasteiger partial charge in [-0.05, 0) is 20.8 Å². The lowest BCUT2D eigenvalue weighted by Crippen LogP contribution is -2.58. The smallest absolute Gasteiger partial charge is 0.408 e. The second-order valence-corrected chi connectivity index (χ2v) is 6.08. The fraction of sp³-hybridized carbons (Fsp3) is 0.846. The fourth-order valence-electron chi connectivity index (χ4n) is 1.75. The number of hydrogen-bond donors (Lipinski definition) is 5. The molecule has 5 N–H and O–H groups in total. The van der Waals surface area contributed by atoms with Crippen LogP contribution in [0.5, 0.6) is 0 Å². The van der Waals surface area contributed by atoms with Gasteiger partial charge < -0.3 is 40.0 Å². The van der Waals surface area contributed by atoms with Crippen LogP contribution in [0.1, 0.15) is 20.8 Å². The van der Waals surface area contributed by atoms with E-state index in [1.54, 1.807) is 20.8 Å². The van der Waals surface area contributed by atoms with E-state index in [4.69, 9.17) is 14.2 Å². The van der Waals surface area contributed by atoms with E-state index >= 15 is 0 Å². The van der Waals surface area contributed by atoms with Crippen LogP contribution in [-0.4, -0.2) is 81.9 Å². The highest BCUT2D eigenvalue weighted by Crippen LogP contribution is 2.20. The summed E-state index contributed by atoms with van der Waals surface area (Å²) in [5.74, 6) is -0.832. The van der Waals surface area contributed by atoms with E-state index in [0.29, 0.717) is 0 Å². The maximum Gasteiger partial charge on any atom is 0.408 e. The van der Waals surface area contributed by atoms with E-state index in [1.807, 2.05) is 0 Å². The summed E-state index contributed by atoms with van der Waals surface area (Å²) in [7, 11) is 0. The van der Waals surface area contributed by atoms with Crippen molar-refractivity contribution in [1.82, 2.24) is 5.32 Å². The Morgan fingerprint density at radius 3 is 2.26 bits per heavy atom. The van der Waals surface area contributed by atoms with Crippen LogP contribution in [0.15, 0.2) is 0 Å². The molecule has 0 aliphatic carbocycles. The first-order chi connectivity index (χ1) is 10.5. The number of alkyl carbamates (subject to hydrolysis) is 1. The predicted octanol–water partition coefficient (Wildman–Crippen LogP) is -2.15. The molecule has 1 fully saturated rings. The first-order valence-electron chi connectivity index (χ1n) is 7.01. The number of aliphatic hydroxyl groups excluding tert-OH is 4. The van der Waals surface area contributed by atoms with Crippen LogP contribution < -0.4 is 5.32 Å². The number of carbonyl (C=O) groups excluding carboxylic acids is 2. The second-order valence-electron chi connectivity index (χ2n) is 6.08. The lowest BCUT2D eigenvalue weighted by molar-refractivity contribution is -0.287. The predicted molar refractivity (Wildman–Crippen MR) is 74.1 cm³/mol. The molecule has 1 saturated heterocycles. The number of esters is 1. The highest BCUT2D eigenvalue weighted by molar-refractivity contribution is 5.78. The van der Waals surface area contributed by atoms with Gasteiger partial charge in [0.25, 0.3) is 0 Å². The molecule has 1 heterocycles. The van der Waals surface area contributed by atoms with Gasteiger partial charge in [0.05, 0.1) is 0 Å². The first kappa shape index (κ1) is 19.6. The maximum atomic E-state index is 11.5. The number of carbonyl (C=O) groups is 2. The average molecular weight is 337 g/mol. The molecular formula is C13H23NO9. The SMILES string of the molecule is CC(C)(C)OC(=O)NCC(=O)OCC1OC(O)C(O)C(O)C1O. The van der Waals surface area contributed by atoms with Crippen LogP contribution >= 0.6 is 0 Å².